The van der Waals surface area contributed by atoms with Gasteiger partial charge >= 0.3 is 12.1 Å². The molecule has 0 saturated heterocycles. The Bertz CT molecular complexity index is 949. The molecule has 0 N–H and O–H groups in total. The van der Waals surface area contributed by atoms with Crippen molar-refractivity contribution in [3.8, 4) is 0 Å². The molecule has 1 heterocycles. The van der Waals surface area contributed by atoms with Crippen LogP contribution in [-0.4, -0.2) is 21.8 Å². The van der Waals surface area contributed by atoms with Crippen LogP contribution in [-0.2, 0) is 15.7 Å². The number of esters is 1. The van der Waals surface area contributed by atoms with Gasteiger partial charge in [0.1, 0.15) is 5.76 Å². The molecule has 8 nitrogen and oxygen atoms in total. The zero-order valence-corrected chi connectivity index (χ0v) is 14.4. The molecule has 1 unspecified atom stereocenters. The van der Waals surface area contributed by atoms with E-state index in [2.05, 4.69) is 5.16 Å². The number of hydrogen-bond donors (Lipinski definition) is 0. The minimum absolute atomic E-state index is 0.0223. The third kappa shape index (κ3) is 3.87. The van der Waals surface area contributed by atoms with Crippen molar-refractivity contribution in [2.75, 3.05) is 0 Å². The maximum absolute atomic E-state index is 12.9. The molecule has 1 fully saturated rings. The van der Waals surface area contributed by atoms with E-state index in [0.717, 1.165) is 26.0 Å². The number of carbonyl (C=O) groups excluding carboxylic acids is 2. The fraction of sp³-hybridized carbons (Fsp3) is 0.353. The average molecular weight is 398 g/mol. The van der Waals surface area contributed by atoms with Gasteiger partial charge in [-0.2, -0.15) is 13.2 Å². The fourth-order valence-electron chi connectivity index (χ4n) is 2.74. The highest BCUT2D eigenvalue weighted by molar-refractivity contribution is 6.04. The van der Waals surface area contributed by atoms with Gasteiger partial charge in [-0.1, -0.05) is 5.16 Å². The molecular weight excluding hydrogens is 385 g/mol. The molecule has 0 radical (unpaired) electrons. The first-order valence-corrected chi connectivity index (χ1v) is 8.11. The Balaban J connectivity index is 2.07. The Kier molecular flexibility index (Phi) is 4.92. The molecule has 1 aromatic carbocycles. The summed E-state index contributed by atoms with van der Waals surface area (Å²) in [5.74, 6) is -1.60. The number of nitrogens with zero attached hydrogens (tertiary/aromatic N) is 2. The van der Waals surface area contributed by atoms with Crippen molar-refractivity contribution in [1.29, 1.82) is 0 Å². The summed E-state index contributed by atoms with van der Waals surface area (Å²) in [6.45, 7) is 1.03. The normalized spacial score (nSPS) is 15.1. The lowest BCUT2D eigenvalue weighted by molar-refractivity contribution is -0.385. The monoisotopic (exact) mass is 398 g/mol. The standard InChI is InChI=1S/C17H13F3N2O6/c1-8(23)27-16(12-7-21-28-15(12)9-2-3-9)14(24)11-5-4-10(17(18,19)20)6-13(11)22(25)26/h4-7,9,16H,2-3H2,1H3. The zero-order chi connectivity index (χ0) is 20.6. The van der Waals surface area contributed by atoms with Gasteiger partial charge < -0.3 is 9.26 Å². The van der Waals surface area contributed by atoms with Crippen LogP contribution in [0.2, 0.25) is 0 Å². The third-order valence-electron chi connectivity index (χ3n) is 4.17. The molecule has 0 aliphatic heterocycles. The molecule has 1 aliphatic rings. The Labute approximate surface area is 155 Å². The van der Waals surface area contributed by atoms with Crippen LogP contribution in [0.15, 0.2) is 28.9 Å². The van der Waals surface area contributed by atoms with Gasteiger partial charge in [0, 0.05) is 18.9 Å². The van der Waals surface area contributed by atoms with Crippen LogP contribution in [0.1, 0.15) is 59.0 Å². The van der Waals surface area contributed by atoms with Crippen LogP contribution in [0.3, 0.4) is 0 Å². The van der Waals surface area contributed by atoms with Crippen LogP contribution in [0.4, 0.5) is 18.9 Å². The van der Waals surface area contributed by atoms with Crippen LogP contribution < -0.4 is 0 Å². The Morgan fingerprint density at radius 3 is 2.57 bits per heavy atom. The van der Waals surface area contributed by atoms with Crippen molar-refractivity contribution in [2.45, 2.75) is 38.0 Å². The molecule has 1 saturated carbocycles. The summed E-state index contributed by atoms with van der Waals surface area (Å²) in [6.07, 6.45) is -3.74. The molecule has 0 bridgehead atoms. The van der Waals surface area contributed by atoms with Gasteiger partial charge in [-0.25, -0.2) is 0 Å². The number of carbonyl (C=O) groups is 2. The maximum atomic E-state index is 12.9. The van der Waals surface area contributed by atoms with Gasteiger partial charge in [0.2, 0.25) is 5.78 Å². The number of ketones is 1. The van der Waals surface area contributed by atoms with Gasteiger partial charge in [-0.15, -0.1) is 0 Å². The first-order chi connectivity index (χ1) is 13.1. The highest BCUT2D eigenvalue weighted by Crippen LogP contribution is 2.44. The molecule has 11 heteroatoms. The number of hydrogen-bond acceptors (Lipinski definition) is 7. The Morgan fingerprint density at radius 2 is 2.04 bits per heavy atom. The molecule has 1 aliphatic carbocycles. The molecule has 148 valence electrons. The summed E-state index contributed by atoms with van der Waals surface area (Å²) >= 11 is 0. The second kappa shape index (κ2) is 7.06. The first-order valence-electron chi connectivity index (χ1n) is 8.11. The molecule has 0 spiro atoms. The van der Waals surface area contributed by atoms with E-state index in [-0.39, 0.29) is 17.5 Å². The van der Waals surface area contributed by atoms with Crippen LogP contribution in [0.5, 0.6) is 0 Å². The molecule has 0 amide bonds. The molecule has 1 aromatic heterocycles. The van der Waals surface area contributed by atoms with Crippen LogP contribution >= 0.6 is 0 Å². The topological polar surface area (TPSA) is 113 Å². The number of aromatic nitrogens is 1. The van der Waals surface area contributed by atoms with E-state index in [9.17, 15) is 32.9 Å². The number of nitro groups is 1. The van der Waals surface area contributed by atoms with Crippen LogP contribution in [0, 0.1) is 10.1 Å². The summed E-state index contributed by atoms with van der Waals surface area (Å²) in [6, 6.07) is 1.53. The summed E-state index contributed by atoms with van der Waals surface area (Å²) in [7, 11) is 0. The molecule has 1 atom stereocenters. The molecule has 2 aromatic rings. The van der Waals surface area contributed by atoms with E-state index in [4.69, 9.17) is 9.26 Å². The predicted molar refractivity (Wildman–Crippen MR) is 85.4 cm³/mol. The second-order valence-corrected chi connectivity index (χ2v) is 6.26. The van der Waals surface area contributed by atoms with Crippen molar-refractivity contribution in [3.05, 3.63) is 57.0 Å². The third-order valence-corrected chi connectivity index (χ3v) is 4.17. The molecule has 3 rings (SSSR count). The number of Topliss-reactive ketones (excluding diaryl/α,β-unsaturated/α-hetero) is 1. The number of halogens is 3. The van der Waals surface area contributed by atoms with E-state index < -0.39 is 45.8 Å². The fourth-order valence-corrected chi connectivity index (χ4v) is 2.74. The largest absolute Gasteiger partial charge is 0.449 e. The quantitative estimate of drug-likeness (QED) is 0.313. The highest BCUT2D eigenvalue weighted by atomic mass is 19.4. The minimum atomic E-state index is -4.82. The average Bonchev–Trinajstić information content (AvgIpc) is 3.34. The van der Waals surface area contributed by atoms with Crippen LogP contribution in [0.25, 0.3) is 0 Å². The van der Waals surface area contributed by atoms with Crippen molar-refractivity contribution in [3.63, 3.8) is 0 Å². The lowest BCUT2D eigenvalue weighted by Gasteiger charge is -2.16. The van der Waals surface area contributed by atoms with Gasteiger partial charge in [0.05, 0.1) is 27.8 Å². The minimum Gasteiger partial charge on any atom is -0.449 e. The van der Waals surface area contributed by atoms with Gasteiger partial charge in [-0.3, -0.25) is 19.7 Å². The van der Waals surface area contributed by atoms with E-state index in [1.54, 1.807) is 0 Å². The highest BCUT2D eigenvalue weighted by Gasteiger charge is 2.40. The van der Waals surface area contributed by atoms with E-state index in [1.165, 1.54) is 0 Å². The summed E-state index contributed by atoms with van der Waals surface area (Å²) in [4.78, 5) is 34.6. The van der Waals surface area contributed by atoms with E-state index in [0.29, 0.717) is 17.9 Å². The number of rotatable bonds is 6. The maximum Gasteiger partial charge on any atom is 0.416 e. The number of alkyl halides is 3. The van der Waals surface area contributed by atoms with Gasteiger partial charge in [0.25, 0.3) is 5.69 Å². The van der Waals surface area contributed by atoms with Crippen molar-refractivity contribution in [1.82, 2.24) is 5.16 Å². The first kappa shape index (κ1) is 19.5. The SMILES string of the molecule is CC(=O)OC(C(=O)c1ccc(C(F)(F)F)cc1[N+](=O)[O-])c1cnoc1C1CC1. The second-order valence-electron chi connectivity index (χ2n) is 6.26. The smallest absolute Gasteiger partial charge is 0.416 e. The van der Waals surface area contributed by atoms with Gasteiger partial charge in [-0.05, 0) is 25.0 Å². The predicted octanol–water partition coefficient (Wildman–Crippen LogP) is 3.97. The zero-order valence-electron chi connectivity index (χ0n) is 14.4. The van der Waals surface area contributed by atoms with Crippen molar-refractivity contribution >= 4 is 17.4 Å². The summed E-state index contributed by atoms with van der Waals surface area (Å²) < 4.78 is 48.7. The Morgan fingerprint density at radius 1 is 1.36 bits per heavy atom. The Hall–Kier alpha value is -3.24. The van der Waals surface area contributed by atoms with E-state index in [1.807, 2.05) is 0 Å². The number of nitro benzene ring substituents is 1. The van der Waals surface area contributed by atoms with Crippen molar-refractivity contribution < 1.29 is 36.9 Å². The van der Waals surface area contributed by atoms with E-state index >= 15 is 0 Å². The molecule has 28 heavy (non-hydrogen) atoms. The van der Waals surface area contributed by atoms with Crippen molar-refractivity contribution in [2.24, 2.45) is 0 Å². The lowest BCUT2D eigenvalue weighted by Crippen LogP contribution is -2.21. The summed E-state index contributed by atoms with van der Waals surface area (Å²) in [5.41, 5.74) is -2.81. The number of benzene rings is 1. The van der Waals surface area contributed by atoms with Gasteiger partial charge in [0.15, 0.2) is 6.10 Å². The molecular formula is C17H13F3N2O6. The number of ether oxygens (including phenoxy) is 1. The summed E-state index contributed by atoms with van der Waals surface area (Å²) in [5, 5.41) is 14.9. The lowest BCUT2D eigenvalue weighted by atomic mass is 9.96.